The molecule has 1 aromatic rings. The van der Waals surface area contributed by atoms with E-state index in [1.165, 1.54) is 12.3 Å². The lowest BCUT2D eigenvalue weighted by molar-refractivity contribution is -0.385. The maximum Gasteiger partial charge on any atom is 0.277 e. The van der Waals surface area contributed by atoms with Crippen molar-refractivity contribution in [1.29, 1.82) is 0 Å². The first-order valence-corrected chi connectivity index (χ1v) is 6.86. The number of hydrogen-bond acceptors (Lipinski definition) is 6. The zero-order chi connectivity index (χ0) is 13.8. The maximum absolute atomic E-state index is 10.7. The molecule has 8 nitrogen and oxygen atoms in total. The zero-order valence-electron chi connectivity index (χ0n) is 9.79. The van der Waals surface area contributed by atoms with Gasteiger partial charge in [0.2, 0.25) is 10.0 Å². The summed E-state index contributed by atoms with van der Waals surface area (Å²) in [6.07, 6.45) is 1.70. The van der Waals surface area contributed by atoms with Gasteiger partial charge in [-0.15, -0.1) is 0 Å². The van der Waals surface area contributed by atoms with E-state index < -0.39 is 14.9 Å². The van der Waals surface area contributed by atoms with Gasteiger partial charge in [0.15, 0.2) is 0 Å². The summed E-state index contributed by atoms with van der Waals surface area (Å²) >= 11 is 0. The molecule has 100 valence electrons. The number of nitrogens with zero attached hydrogens (tertiary/aromatic N) is 2. The van der Waals surface area contributed by atoms with Crippen LogP contribution in [0.15, 0.2) is 12.3 Å². The minimum Gasteiger partial charge on any atom is -0.370 e. The third-order valence-corrected chi connectivity index (χ3v) is 3.04. The molecule has 0 spiro atoms. The Kier molecular flexibility index (Phi) is 4.56. The Bertz CT molecular complexity index is 543. The van der Waals surface area contributed by atoms with Crippen molar-refractivity contribution >= 4 is 21.5 Å². The molecule has 0 aromatic carbocycles. The number of anilines is 1. The van der Waals surface area contributed by atoms with E-state index in [1.807, 2.05) is 0 Å². The first kappa shape index (κ1) is 14.3. The van der Waals surface area contributed by atoms with Gasteiger partial charge >= 0.3 is 0 Å². The van der Waals surface area contributed by atoms with Crippen LogP contribution in [0.1, 0.15) is 12.0 Å². The number of hydrogen-bond donors (Lipinski definition) is 2. The van der Waals surface area contributed by atoms with Crippen LogP contribution in [0.25, 0.3) is 0 Å². The molecule has 0 fully saturated rings. The molecule has 0 bridgehead atoms. The van der Waals surface area contributed by atoms with Crippen LogP contribution in [0, 0.1) is 17.0 Å². The summed E-state index contributed by atoms with van der Waals surface area (Å²) in [5, 5.41) is 18.3. The number of rotatable bonds is 6. The van der Waals surface area contributed by atoms with Crippen LogP contribution in [0.5, 0.6) is 0 Å². The van der Waals surface area contributed by atoms with E-state index in [4.69, 9.17) is 5.14 Å². The fraction of sp³-hybridized carbons (Fsp3) is 0.444. The molecule has 0 amide bonds. The lowest BCUT2D eigenvalue weighted by atomic mass is 10.2. The Labute approximate surface area is 104 Å². The summed E-state index contributed by atoms with van der Waals surface area (Å²) in [5.41, 5.74) is 0.439. The molecule has 0 unspecified atom stereocenters. The highest BCUT2D eigenvalue weighted by Crippen LogP contribution is 2.19. The van der Waals surface area contributed by atoms with Crippen molar-refractivity contribution in [2.75, 3.05) is 17.6 Å². The Morgan fingerprint density at radius 2 is 2.22 bits per heavy atom. The van der Waals surface area contributed by atoms with Gasteiger partial charge in [-0.2, -0.15) is 0 Å². The molecular formula is C9H14N4O4S. The van der Waals surface area contributed by atoms with Crippen LogP contribution in [0.2, 0.25) is 0 Å². The van der Waals surface area contributed by atoms with Crippen LogP contribution in [0.4, 0.5) is 11.5 Å². The second-order valence-electron chi connectivity index (χ2n) is 3.76. The van der Waals surface area contributed by atoms with Gasteiger partial charge in [0.1, 0.15) is 5.82 Å². The topological polar surface area (TPSA) is 128 Å². The van der Waals surface area contributed by atoms with E-state index in [1.54, 1.807) is 6.92 Å². The van der Waals surface area contributed by atoms with Crippen molar-refractivity contribution in [1.82, 2.24) is 4.98 Å². The Morgan fingerprint density at radius 1 is 1.56 bits per heavy atom. The van der Waals surface area contributed by atoms with Gasteiger partial charge in [0.25, 0.3) is 5.69 Å². The normalized spacial score (nSPS) is 11.2. The molecule has 3 N–H and O–H groups in total. The van der Waals surface area contributed by atoms with E-state index in [9.17, 15) is 18.5 Å². The van der Waals surface area contributed by atoms with Crippen molar-refractivity contribution in [3.63, 3.8) is 0 Å². The number of nitro groups is 1. The lowest BCUT2D eigenvalue weighted by Gasteiger charge is -2.05. The number of sulfonamides is 1. The van der Waals surface area contributed by atoms with Crippen molar-refractivity contribution in [2.24, 2.45) is 5.14 Å². The van der Waals surface area contributed by atoms with Gasteiger partial charge in [0.05, 0.1) is 16.7 Å². The highest BCUT2D eigenvalue weighted by molar-refractivity contribution is 7.89. The summed E-state index contributed by atoms with van der Waals surface area (Å²) in [5.74, 6) is 0.190. The lowest BCUT2D eigenvalue weighted by Crippen LogP contribution is -2.18. The van der Waals surface area contributed by atoms with Crippen LogP contribution in [-0.4, -0.2) is 30.6 Å². The van der Waals surface area contributed by atoms with Crippen molar-refractivity contribution in [3.8, 4) is 0 Å². The second-order valence-corrected chi connectivity index (χ2v) is 5.49. The number of nitrogens with one attached hydrogen (secondary N) is 1. The van der Waals surface area contributed by atoms with Gasteiger partial charge in [0, 0.05) is 18.3 Å². The Balaban J connectivity index is 2.58. The van der Waals surface area contributed by atoms with Gasteiger partial charge in [-0.05, 0) is 13.3 Å². The summed E-state index contributed by atoms with van der Waals surface area (Å²) in [4.78, 5) is 14.2. The molecule has 1 aromatic heterocycles. The monoisotopic (exact) mass is 274 g/mol. The minimum absolute atomic E-state index is 0.0288. The zero-order valence-corrected chi connectivity index (χ0v) is 10.6. The van der Waals surface area contributed by atoms with E-state index in [0.29, 0.717) is 24.3 Å². The van der Waals surface area contributed by atoms with Crippen molar-refractivity contribution in [3.05, 3.63) is 27.9 Å². The minimum atomic E-state index is -3.48. The van der Waals surface area contributed by atoms with Gasteiger partial charge in [-0.3, -0.25) is 10.1 Å². The van der Waals surface area contributed by atoms with Crippen LogP contribution in [0.3, 0.4) is 0 Å². The average Bonchev–Trinajstić information content (AvgIpc) is 2.24. The Morgan fingerprint density at radius 3 is 2.78 bits per heavy atom. The van der Waals surface area contributed by atoms with Gasteiger partial charge in [-0.1, -0.05) is 0 Å². The van der Waals surface area contributed by atoms with Gasteiger partial charge < -0.3 is 5.32 Å². The third-order valence-electron chi connectivity index (χ3n) is 2.18. The molecule has 0 atom stereocenters. The number of nitrogens with two attached hydrogens (primary N) is 1. The molecule has 0 aliphatic rings. The molecule has 0 saturated carbocycles. The predicted octanol–water partition coefficient (Wildman–Crippen LogP) is 0.389. The quantitative estimate of drug-likeness (QED) is 0.438. The molecule has 0 saturated heterocycles. The number of aromatic nitrogens is 1. The first-order valence-electron chi connectivity index (χ1n) is 5.15. The highest BCUT2D eigenvalue weighted by atomic mass is 32.2. The number of primary sulfonamides is 1. The van der Waals surface area contributed by atoms with Gasteiger partial charge in [-0.25, -0.2) is 18.5 Å². The van der Waals surface area contributed by atoms with Crippen LogP contribution >= 0.6 is 0 Å². The maximum atomic E-state index is 10.7. The molecule has 18 heavy (non-hydrogen) atoms. The highest BCUT2D eigenvalue weighted by Gasteiger charge is 2.11. The second kappa shape index (κ2) is 5.74. The molecule has 1 heterocycles. The Hall–Kier alpha value is -1.74. The van der Waals surface area contributed by atoms with Crippen LogP contribution in [-0.2, 0) is 10.0 Å². The van der Waals surface area contributed by atoms with Crippen molar-refractivity contribution < 1.29 is 13.3 Å². The summed E-state index contributed by atoms with van der Waals surface area (Å²) in [6.45, 7) is 1.92. The molecular weight excluding hydrogens is 260 g/mol. The number of aryl methyl sites for hydroxylation is 1. The summed E-state index contributed by atoms with van der Waals surface area (Å²) in [6, 6.07) is 1.31. The third kappa shape index (κ3) is 4.63. The molecule has 1 rings (SSSR count). The predicted molar refractivity (Wildman–Crippen MR) is 66.7 cm³/mol. The van der Waals surface area contributed by atoms with E-state index in [0.717, 1.165) is 0 Å². The molecule has 0 aliphatic carbocycles. The average molecular weight is 274 g/mol. The summed E-state index contributed by atoms with van der Waals surface area (Å²) in [7, 11) is -3.48. The largest absolute Gasteiger partial charge is 0.370 e. The van der Waals surface area contributed by atoms with E-state index in [-0.39, 0.29) is 11.4 Å². The summed E-state index contributed by atoms with van der Waals surface area (Å²) < 4.78 is 21.4. The fourth-order valence-corrected chi connectivity index (χ4v) is 1.84. The smallest absolute Gasteiger partial charge is 0.277 e. The SMILES string of the molecule is Cc1cnc(NCCCS(N)(=O)=O)cc1[N+](=O)[O-]. The molecule has 9 heteroatoms. The number of pyridine rings is 1. The fourth-order valence-electron chi connectivity index (χ4n) is 1.30. The first-order chi connectivity index (χ1) is 8.29. The molecule has 0 aliphatic heterocycles. The molecule has 0 radical (unpaired) electrons. The van der Waals surface area contributed by atoms with E-state index in [2.05, 4.69) is 10.3 Å². The standard InChI is InChI=1S/C9H14N4O4S/c1-7-6-12-9(5-8(7)13(14)15)11-3-2-4-18(10,16)17/h5-6H,2-4H2,1H3,(H,11,12)(H2,10,16,17). The van der Waals surface area contributed by atoms with Crippen molar-refractivity contribution in [2.45, 2.75) is 13.3 Å². The van der Waals surface area contributed by atoms with E-state index >= 15 is 0 Å². The van der Waals surface area contributed by atoms with Crippen LogP contribution < -0.4 is 10.5 Å².